The Bertz CT molecular complexity index is 1040. The molecule has 2 heterocycles. The fourth-order valence-electron chi connectivity index (χ4n) is 3.50. The van der Waals surface area contributed by atoms with Crippen LogP contribution in [0, 0.1) is 6.92 Å². The van der Waals surface area contributed by atoms with E-state index in [0.717, 1.165) is 23.3 Å². The van der Waals surface area contributed by atoms with Crippen molar-refractivity contribution in [3.8, 4) is 11.4 Å². The van der Waals surface area contributed by atoms with Gasteiger partial charge in [-0.1, -0.05) is 35.0 Å². The molecule has 6 nitrogen and oxygen atoms in total. The Balaban J connectivity index is 1.32. The van der Waals surface area contributed by atoms with Crippen molar-refractivity contribution in [2.24, 2.45) is 0 Å². The van der Waals surface area contributed by atoms with Crippen LogP contribution in [0.2, 0.25) is 0 Å². The second kappa shape index (κ2) is 8.41. The maximum absolute atomic E-state index is 12.7. The molecule has 0 bridgehead atoms. The van der Waals surface area contributed by atoms with E-state index >= 15 is 0 Å². The van der Waals surface area contributed by atoms with Crippen LogP contribution < -0.4 is 5.32 Å². The Morgan fingerprint density at radius 1 is 1.06 bits per heavy atom. The Labute approximate surface area is 177 Å². The van der Waals surface area contributed by atoms with Crippen LogP contribution >= 0.6 is 0 Å². The van der Waals surface area contributed by atoms with E-state index in [0.29, 0.717) is 43.3 Å². The number of nitrogens with one attached hydrogen (secondary N) is 1. The van der Waals surface area contributed by atoms with Crippen LogP contribution in [0.4, 0.5) is 23.7 Å². The molecule has 0 radical (unpaired) electrons. The van der Waals surface area contributed by atoms with Crippen molar-refractivity contribution in [3.63, 3.8) is 0 Å². The summed E-state index contributed by atoms with van der Waals surface area (Å²) in [5.41, 5.74) is 1.60. The van der Waals surface area contributed by atoms with Gasteiger partial charge in [0.2, 0.25) is 11.7 Å². The number of amides is 2. The molecule has 1 aromatic heterocycles. The van der Waals surface area contributed by atoms with Crippen molar-refractivity contribution in [2.75, 3.05) is 18.4 Å². The van der Waals surface area contributed by atoms with Crippen molar-refractivity contribution in [2.45, 2.75) is 31.9 Å². The van der Waals surface area contributed by atoms with E-state index in [2.05, 4.69) is 15.5 Å². The van der Waals surface area contributed by atoms with Crippen LogP contribution in [-0.4, -0.2) is 34.2 Å². The van der Waals surface area contributed by atoms with Gasteiger partial charge in [0.25, 0.3) is 0 Å². The summed E-state index contributed by atoms with van der Waals surface area (Å²) in [6.07, 6.45) is -3.08. The zero-order valence-electron chi connectivity index (χ0n) is 16.8. The number of hydrogen-bond donors (Lipinski definition) is 1. The molecule has 0 unspecified atom stereocenters. The number of alkyl halides is 3. The maximum Gasteiger partial charge on any atom is 0.416 e. The third-order valence-corrected chi connectivity index (χ3v) is 5.35. The fourth-order valence-corrected chi connectivity index (χ4v) is 3.50. The summed E-state index contributed by atoms with van der Waals surface area (Å²) in [4.78, 5) is 18.6. The van der Waals surface area contributed by atoms with Gasteiger partial charge in [0.05, 0.1) is 5.56 Å². The first-order chi connectivity index (χ1) is 14.8. The molecule has 1 N–H and O–H groups in total. The number of halogens is 3. The summed E-state index contributed by atoms with van der Waals surface area (Å²) in [6.45, 7) is 2.98. The largest absolute Gasteiger partial charge is 0.416 e. The van der Waals surface area contributed by atoms with Gasteiger partial charge in [0.15, 0.2) is 0 Å². The van der Waals surface area contributed by atoms with Crippen LogP contribution in [0.1, 0.15) is 35.8 Å². The van der Waals surface area contributed by atoms with Crippen molar-refractivity contribution >= 4 is 11.7 Å². The molecule has 0 atom stereocenters. The molecular weight excluding hydrogens is 409 g/mol. The zero-order valence-corrected chi connectivity index (χ0v) is 16.8. The Kier molecular flexibility index (Phi) is 5.67. The van der Waals surface area contributed by atoms with Crippen LogP contribution in [-0.2, 0) is 6.18 Å². The monoisotopic (exact) mass is 430 g/mol. The Morgan fingerprint density at radius 3 is 2.32 bits per heavy atom. The van der Waals surface area contributed by atoms with Gasteiger partial charge < -0.3 is 14.7 Å². The fraction of sp³-hybridized carbons (Fsp3) is 0.318. The normalized spacial score (nSPS) is 15.2. The zero-order chi connectivity index (χ0) is 22.0. The number of nitrogens with zero attached hydrogens (tertiary/aromatic N) is 3. The minimum Gasteiger partial charge on any atom is -0.339 e. The number of urea groups is 1. The highest BCUT2D eigenvalue weighted by Gasteiger charge is 2.30. The number of rotatable bonds is 3. The summed E-state index contributed by atoms with van der Waals surface area (Å²) >= 11 is 0. The minimum absolute atomic E-state index is 0.0572. The summed E-state index contributed by atoms with van der Waals surface area (Å²) in [5.74, 6) is 1.15. The summed E-state index contributed by atoms with van der Waals surface area (Å²) < 4.78 is 43.4. The molecule has 162 valence electrons. The first kappa shape index (κ1) is 20.9. The van der Waals surface area contributed by atoms with Crippen LogP contribution in [0.15, 0.2) is 53.1 Å². The lowest BCUT2D eigenvalue weighted by molar-refractivity contribution is -0.137. The molecule has 0 aliphatic carbocycles. The van der Waals surface area contributed by atoms with Gasteiger partial charge in [0.1, 0.15) is 0 Å². The molecule has 1 saturated heterocycles. The second-order valence-electron chi connectivity index (χ2n) is 7.59. The minimum atomic E-state index is -4.40. The van der Waals surface area contributed by atoms with Gasteiger partial charge in [-0.25, -0.2) is 4.79 Å². The summed E-state index contributed by atoms with van der Waals surface area (Å²) in [6, 6.07) is 11.9. The topological polar surface area (TPSA) is 71.3 Å². The average Bonchev–Trinajstić information content (AvgIpc) is 3.24. The highest BCUT2D eigenvalue weighted by atomic mass is 19.4. The third kappa shape index (κ3) is 4.87. The van der Waals surface area contributed by atoms with Crippen molar-refractivity contribution < 1.29 is 22.5 Å². The molecule has 3 aromatic rings. The van der Waals surface area contributed by atoms with Crippen molar-refractivity contribution in [3.05, 3.63) is 65.5 Å². The number of benzene rings is 2. The van der Waals surface area contributed by atoms with E-state index in [1.807, 2.05) is 31.2 Å². The molecule has 1 aliphatic rings. The lowest BCUT2D eigenvalue weighted by atomic mass is 9.97. The first-order valence-electron chi connectivity index (χ1n) is 9.93. The van der Waals surface area contributed by atoms with E-state index in [-0.39, 0.29) is 11.9 Å². The summed E-state index contributed by atoms with van der Waals surface area (Å²) in [5, 5.41) is 6.71. The lowest BCUT2D eigenvalue weighted by Gasteiger charge is -2.30. The number of carbonyl (C=O) groups excluding carboxylic acids is 1. The molecule has 31 heavy (non-hydrogen) atoms. The van der Waals surface area contributed by atoms with E-state index in [4.69, 9.17) is 4.52 Å². The molecule has 2 aromatic carbocycles. The summed E-state index contributed by atoms with van der Waals surface area (Å²) in [7, 11) is 0. The predicted molar refractivity (Wildman–Crippen MR) is 108 cm³/mol. The molecule has 9 heteroatoms. The number of aryl methyl sites for hydroxylation is 1. The van der Waals surface area contributed by atoms with E-state index in [1.54, 1.807) is 4.90 Å². The first-order valence-corrected chi connectivity index (χ1v) is 9.93. The molecule has 4 rings (SSSR count). The maximum atomic E-state index is 12.7. The van der Waals surface area contributed by atoms with Crippen LogP contribution in [0.5, 0.6) is 0 Å². The number of aromatic nitrogens is 2. The van der Waals surface area contributed by atoms with Crippen LogP contribution in [0.25, 0.3) is 11.4 Å². The predicted octanol–water partition coefficient (Wildman–Crippen LogP) is 5.48. The van der Waals surface area contributed by atoms with E-state index < -0.39 is 11.7 Å². The van der Waals surface area contributed by atoms with Crippen LogP contribution in [0.3, 0.4) is 0 Å². The quantitative estimate of drug-likeness (QED) is 0.598. The van der Waals surface area contributed by atoms with Gasteiger partial charge in [-0.2, -0.15) is 18.2 Å². The molecule has 1 aliphatic heterocycles. The molecule has 1 fully saturated rings. The molecule has 0 spiro atoms. The highest BCUT2D eigenvalue weighted by molar-refractivity contribution is 5.89. The van der Waals surface area contributed by atoms with Gasteiger partial charge in [0, 0.05) is 30.3 Å². The Morgan fingerprint density at radius 2 is 1.71 bits per heavy atom. The standard InChI is InChI=1S/C22H21F3N4O2/c1-14-2-4-15(5-3-14)19-27-20(31-28-19)16-10-12-29(13-11-16)21(30)26-18-8-6-17(7-9-18)22(23,24)25/h2-9,16H,10-13H2,1H3,(H,26,30). The SMILES string of the molecule is Cc1ccc(-c2noc(C3CCN(C(=O)Nc4ccc(C(F)(F)F)cc4)CC3)n2)cc1. The molecule has 2 amide bonds. The third-order valence-electron chi connectivity index (χ3n) is 5.35. The van der Waals surface area contributed by atoms with Crippen molar-refractivity contribution in [1.82, 2.24) is 15.0 Å². The van der Waals surface area contributed by atoms with Gasteiger partial charge >= 0.3 is 12.2 Å². The Hall–Kier alpha value is -3.36. The average molecular weight is 430 g/mol. The van der Waals surface area contributed by atoms with Gasteiger partial charge in [-0.3, -0.25) is 0 Å². The number of carbonyl (C=O) groups is 1. The smallest absolute Gasteiger partial charge is 0.339 e. The molecule has 0 saturated carbocycles. The number of anilines is 1. The highest BCUT2D eigenvalue weighted by Crippen LogP contribution is 2.31. The lowest BCUT2D eigenvalue weighted by Crippen LogP contribution is -2.40. The van der Waals surface area contributed by atoms with E-state index in [1.165, 1.54) is 12.1 Å². The second-order valence-corrected chi connectivity index (χ2v) is 7.59. The van der Waals surface area contributed by atoms with Gasteiger partial charge in [-0.15, -0.1) is 0 Å². The van der Waals surface area contributed by atoms with E-state index in [9.17, 15) is 18.0 Å². The molecular formula is C22H21F3N4O2. The number of likely N-dealkylation sites (tertiary alicyclic amines) is 1. The number of hydrogen-bond acceptors (Lipinski definition) is 4. The number of piperidine rings is 1. The van der Waals surface area contributed by atoms with Crippen molar-refractivity contribution in [1.29, 1.82) is 0 Å². The van der Waals surface area contributed by atoms with Gasteiger partial charge in [-0.05, 0) is 44.0 Å².